The highest BCUT2D eigenvalue weighted by atomic mass is 16.5. The number of carbonyl (C=O) groups is 1. The number of morpholine rings is 1. The standard InChI is InChI=1S/C22H30N4O2/c27-21(24-15-22(6-7-22)16-25-9-11-28-12-10-25)26(19-2-3-19)14-17-1-4-20-18(13-17)5-8-23-20/h1,4-5,8,13,19,23H,2-3,6-7,9-12,14-16H2,(H,24,27). The molecule has 5 rings (SSSR count). The molecule has 0 radical (unpaired) electrons. The molecular weight excluding hydrogens is 352 g/mol. The fourth-order valence-corrected chi connectivity index (χ4v) is 4.32. The van der Waals surface area contributed by atoms with Crippen LogP contribution in [0.4, 0.5) is 4.79 Å². The number of amides is 2. The highest BCUT2D eigenvalue weighted by Crippen LogP contribution is 2.45. The van der Waals surface area contributed by atoms with Crippen molar-refractivity contribution in [3.05, 3.63) is 36.0 Å². The van der Waals surface area contributed by atoms with Gasteiger partial charge in [-0.1, -0.05) is 6.07 Å². The average molecular weight is 383 g/mol. The number of benzene rings is 1. The van der Waals surface area contributed by atoms with Crippen LogP contribution in [0.15, 0.2) is 30.5 Å². The Morgan fingerprint density at radius 3 is 2.82 bits per heavy atom. The van der Waals surface area contributed by atoms with E-state index in [4.69, 9.17) is 4.74 Å². The first-order chi connectivity index (χ1) is 13.7. The first kappa shape index (κ1) is 18.0. The Morgan fingerprint density at radius 1 is 1.25 bits per heavy atom. The molecular formula is C22H30N4O2. The molecule has 0 atom stereocenters. The molecule has 6 nitrogen and oxygen atoms in total. The lowest BCUT2D eigenvalue weighted by atomic mass is 10.1. The molecule has 28 heavy (non-hydrogen) atoms. The molecule has 1 aliphatic heterocycles. The molecule has 2 amide bonds. The molecule has 2 heterocycles. The maximum atomic E-state index is 13.0. The molecule has 3 aliphatic rings. The van der Waals surface area contributed by atoms with Gasteiger partial charge in [0.2, 0.25) is 0 Å². The third-order valence-corrected chi connectivity index (χ3v) is 6.45. The van der Waals surface area contributed by atoms with E-state index in [1.54, 1.807) is 0 Å². The van der Waals surface area contributed by atoms with Gasteiger partial charge in [0, 0.05) is 55.9 Å². The van der Waals surface area contributed by atoms with E-state index in [2.05, 4.69) is 39.5 Å². The van der Waals surface area contributed by atoms with Crippen LogP contribution in [0.5, 0.6) is 0 Å². The summed E-state index contributed by atoms with van der Waals surface area (Å²) in [5, 5.41) is 4.48. The van der Waals surface area contributed by atoms with Crippen LogP contribution in [0, 0.1) is 5.41 Å². The van der Waals surface area contributed by atoms with E-state index in [9.17, 15) is 4.79 Å². The predicted molar refractivity (Wildman–Crippen MR) is 109 cm³/mol. The molecule has 1 aromatic heterocycles. The second-order valence-electron chi connectivity index (χ2n) is 8.81. The van der Waals surface area contributed by atoms with Crippen molar-refractivity contribution < 1.29 is 9.53 Å². The number of ether oxygens (including phenoxy) is 1. The van der Waals surface area contributed by atoms with Crippen LogP contribution in [0.25, 0.3) is 10.9 Å². The van der Waals surface area contributed by atoms with Crippen LogP contribution in [-0.2, 0) is 11.3 Å². The Kier molecular flexibility index (Phi) is 4.77. The van der Waals surface area contributed by atoms with Crippen molar-refractivity contribution in [2.24, 2.45) is 5.41 Å². The molecule has 0 bridgehead atoms. The summed E-state index contributed by atoms with van der Waals surface area (Å²) in [6.07, 6.45) is 6.65. The molecule has 6 heteroatoms. The minimum atomic E-state index is 0.102. The van der Waals surface area contributed by atoms with Crippen molar-refractivity contribution in [3.8, 4) is 0 Å². The van der Waals surface area contributed by atoms with Crippen LogP contribution in [0.1, 0.15) is 31.2 Å². The van der Waals surface area contributed by atoms with Crippen molar-refractivity contribution in [3.63, 3.8) is 0 Å². The van der Waals surface area contributed by atoms with Crippen molar-refractivity contribution in [2.75, 3.05) is 39.4 Å². The number of hydrogen-bond donors (Lipinski definition) is 2. The minimum absolute atomic E-state index is 0.102. The van der Waals surface area contributed by atoms with Crippen molar-refractivity contribution in [1.29, 1.82) is 0 Å². The van der Waals surface area contributed by atoms with Crippen molar-refractivity contribution >= 4 is 16.9 Å². The minimum Gasteiger partial charge on any atom is -0.379 e. The van der Waals surface area contributed by atoms with Gasteiger partial charge in [0.05, 0.1) is 13.2 Å². The summed E-state index contributed by atoms with van der Waals surface area (Å²) in [4.78, 5) is 20.7. The van der Waals surface area contributed by atoms with E-state index in [0.717, 1.165) is 57.8 Å². The van der Waals surface area contributed by atoms with Crippen molar-refractivity contribution in [2.45, 2.75) is 38.3 Å². The van der Waals surface area contributed by atoms with Gasteiger partial charge in [-0.3, -0.25) is 4.90 Å². The van der Waals surface area contributed by atoms with Crippen LogP contribution in [0.3, 0.4) is 0 Å². The van der Waals surface area contributed by atoms with Crippen LogP contribution >= 0.6 is 0 Å². The Hall–Kier alpha value is -2.05. The van der Waals surface area contributed by atoms with Gasteiger partial charge in [-0.15, -0.1) is 0 Å². The molecule has 0 unspecified atom stereocenters. The number of fused-ring (bicyclic) bond motifs is 1. The fourth-order valence-electron chi connectivity index (χ4n) is 4.32. The van der Waals surface area contributed by atoms with E-state index in [0.29, 0.717) is 12.6 Å². The van der Waals surface area contributed by atoms with E-state index >= 15 is 0 Å². The number of aromatic nitrogens is 1. The number of rotatable bonds is 7. The summed E-state index contributed by atoms with van der Waals surface area (Å²) in [6, 6.07) is 9.01. The first-order valence-electron chi connectivity index (χ1n) is 10.6. The first-order valence-corrected chi connectivity index (χ1v) is 10.6. The third-order valence-electron chi connectivity index (χ3n) is 6.45. The van der Waals surface area contributed by atoms with E-state index in [1.807, 2.05) is 11.1 Å². The second-order valence-corrected chi connectivity index (χ2v) is 8.81. The molecule has 2 saturated carbocycles. The van der Waals surface area contributed by atoms with Gasteiger partial charge < -0.3 is 19.9 Å². The summed E-state index contributed by atoms with van der Waals surface area (Å²) in [7, 11) is 0. The van der Waals surface area contributed by atoms with Crippen LogP contribution in [0.2, 0.25) is 0 Å². The molecule has 2 aromatic rings. The van der Waals surface area contributed by atoms with E-state index in [1.165, 1.54) is 23.8 Å². The van der Waals surface area contributed by atoms with Gasteiger partial charge in [0.25, 0.3) is 0 Å². The maximum Gasteiger partial charge on any atom is 0.317 e. The number of urea groups is 1. The third kappa shape index (κ3) is 4.03. The summed E-state index contributed by atoms with van der Waals surface area (Å²) in [6.45, 7) is 6.28. The van der Waals surface area contributed by atoms with Gasteiger partial charge in [0.1, 0.15) is 0 Å². The van der Waals surface area contributed by atoms with E-state index < -0.39 is 0 Å². The molecule has 2 aliphatic carbocycles. The van der Waals surface area contributed by atoms with Crippen LogP contribution < -0.4 is 5.32 Å². The lowest BCUT2D eigenvalue weighted by Crippen LogP contribution is -2.46. The SMILES string of the molecule is O=C(NCC1(CN2CCOCC2)CC1)N(Cc1ccc2[nH]ccc2c1)C1CC1. The molecule has 0 spiro atoms. The van der Waals surface area contributed by atoms with Gasteiger partial charge in [-0.2, -0.15) is 0 Å². The smallest absolute Gasteiger partial charge is 0.317 e. The molecule has 150 valence electrons. The highest BCUT2D eigenvalue weighted by molar-refractivity contribution is 5.80. The van der Waals surface area contributed by atoms with Gasteiger partial charge >= 0.3 is 6.03 Å². The second kappa shape index (κ2) is 7.41. The van der Waals surface area contributed by atoms with E-state index in [-0.39, 0.29) is 11.4 Å². The average Bonchev–Trinajstić information content (AvgIpc) is 3.64. The summed E-state index contributed by atoms with van der Waals surface area (Å²) < 4.78 is 5.46. The van der Waals surface area contributed by atoms with Crippen LogP contribution in [-0.4, -0.2) is 66.2 Å². The zero-order valence-electron chi connectivity index (χ0n) is 16.5. The lowest BCUT2D eigenvalue weighted by Gasteiger charge is -2.31. The maximum absolute atomic E-state index is 13.0. The topological polar surface area (TPSA) is 60.6 Å². The zero-order chi connectivity index (χ0) is 19.0. The predicted octanol–water partition coefficient (Wildman–Crippen LogP) is 2.95. The summed E-state index contributed by atoms with van der Waals surface area (Å²) in [5.74, 6) is 0. The molecule has 2 N–H and O–H groups in total. The molecule has 1 saturated heterocycles. The normalized spacial score (nSPS) is 21.6. The van der Waals surface area contributed by atoms with Gasteiger partial charge in [-0.25, -0.2) is 4.79 Å². The Bertz CT molecular complexity index is 834. The number of nitrogens with one attached hydrogen (secondary N) is 2. The number of aromatic amines is 1. The zero-order valence-corrected chi connectivity index (χ0v) is 16.5. The number of carbonyl (C=O) groups excluding carboxylic acids is 1. The number of nitrogens with zero attached hydrogens (tertiary/aromatic N) is 2. The highest BCUT2D eigenvalue weighted by Gasteiger charge is 2.44. The summed E-state index contributed by atoms with van der Waals surface area (Å²) in [5.41, 5.74) is 2.63. The summed E-state index contributed by atoms with van der Waals surface area (Å²) >= 11 is 0. The fraction of sp³-hybridized carbons (Fsp3) is 0.591. The van der Waals surface area contributed by atoms with Crippen molar-refractivity contribution in [1.82, 2.24) is 20.1 Å². The molecule has 1 aromatic carbocycles. The molecule has 3 fully saturated rings. The van der Waals surface area contributed by atoms with Gasteiger partial charge in [0.15, 0.2) is 0 Å². The largest absolute Gasteiger partial charge is 0.379 e. The lowest BCUT2D eigenvalue weighted by molar-refractivity contribution is 0.0284. The Morgan fingerprint density at radius 2 is 2.07 bits per heavy atom. The quantitative estimate of drug-likeness (QED) is 0.774. The van der Waals surface area contributed by atoms with Gasteiger partial charge in [-0.05, 0) is 54.8 Å². The monoisotopic (exact) mass is 382 g/mol. The number of hydrogen-bond acceptors (Lipinski definition) is 3. The number of H-pyrrole nitrogens is 1. The Balaban J connectivity index is 1.19. The Labute approximate surface area is 166 Å².